The maximum absolute atomic E-state index is 13.4. The van der Waals surface area contributed by atoms with Gasteiger partial charge in [-0.25, -0.2) is 0 Å². The van der Waals surface area contributed by atoms with E-state index in [0.29, 0.717) is 16.4 Å². The molecule has 0 aromatic heterocycles. The number of benzene rings is 3. The van der Waals surface area contributed by atoms with Gasteiger partial charge in [0.05, 0.1) is 0 Å². The van der Waals surface area contributed by atoms with Gasteiger partial charge < -0.3 is 0 Å². The summed E-state index contributed by atoms with van der Waals surface area (Å²) >= 11 is -4.51. The van der Waals surface area contributed by atoms with Crippen molar-refractivity contribution in [3.63, 3.8) is 0 Å². The Morgan fingerprint density at radius 3 is 1.30 bits per heavy atom. The van der Waals surface area contributed by atoms with E-state index in [1.54, 1.807) is 24.3 Å². The van der Waals surface area contributed by atoms with Crippen LogP contribution in [0.15, 0.2) is 76.5 Å². The minimum atomic E-state index is -4.51. The molecular formula is C26H33BiN2O6S2. The van der Waals surface area contributed by atoms with Crippen LogP contribution < -0.4 is 3.27 Å². The molecule has 0 N–H and O–H groups in total. The summed E-state index contributed by atoms with van der Waals surface area (Å²) in [5.74, 6) is 0. The Hall–Kier alpha value is -1.72. The summed E-state index contributed by atoms with van der Waals surface area (Å²) in [5, 5.41) is 0. The van der Waals surface area contributed by atoms with Crippen molar-refractivity contribution < 1.29 is 21.4 Å². The molecular weight excluding hydrogens is 709 g/mol. The first-order valence-electron chi connectivity index (χ1n) is 11.5. The average Bonchev–Trinajstić information content (AvgIpc) is 2.78. The Labute approximate surface area is 230 Å². The standard InChI is InChI=1S/C12H19N2.2C7H8O3S.Bi/c1-13(2)9-11-6-5-7-12(8-11)10-14(3)4;2*1-6-2-4-7(5-3-6)11(8,9)10;/h5-7H,9-10H2,1-4H3;2*2-5H,1H3,(H,8,9,10);/q;;;+2/p-2. The Kier molecular flexibility index (Phi) is 10.0. The van der Waals surface area contributed by atoms with Gasteiger partial charge in [0.15, 0.2) is 0 Å². The number of hydrogen-bond acceptors (Lipinski definition) is 8. The number of aryl methyl sites for hydroxylation is 2. The average molecular weight is 743 g/mol. The molecule has 3 rings (SSSR count). The third-order valence-electron chi connectivity index (χ3n) is 5.31. The SMILES string of the molecule is Cc1ccc(S(=O)(=O)[O][Bi]([O]S(=O)(=O)c2ccc(C)cc2)[c]2c(CN(C)C)cccc2CN(C)C)cc1. The second kappa shape index (κ2) is 12.4. The van der Waals surface area contributed by atoms with Crippen LogP contribution in [0.5, 0.6) is 0 Å². The molecule has 11 heteroatoms. The van der Waals surface area contributed by atoms with E-state index in [1.165, 1.54) is 24.3 Å². The summed E-state index contributed by atoms with van der Waals surface area (Å²) in [7, 11) is -1.05. The van der Waals surface area contributed by atoms with Crippen LogP contribution in [0.1, 0.15) is 22.3 Å². The van der Waals surface area contributed by atoms with Crippen LogP contribution in [0.4, 0.5) is 0 Å². The molecule has 0 spiro atoms. The summed E-state index contributed by atoms with van der Waals surface area (Å²) in [5.41, 5.74) is 3.34. The number of rotatable bonds is 11. The van der Waals surface area contributed by atoms with E-state index in [-0.39, 0.29) is 9.79 Å². The minimum absolute atomic E-state index is 0.0475. The number of nitrogens with zero attached hydrogens (tertiary/aromatic N) is 2. The fourth-order valence-corrected chi connectivity index (χ4v) is 17.0. The van der Waals surface area contributed by atoms with E-state index in [0.717, 1.165) is 22.3 Å². The van der Waals surface area contributed by atoms with Crippen molar-refractivity contribution in [2.45, 2.75) is 36.7 Å². The molecule has 0 aliphatic carbocycles. The van der Waals surface area contributed by atoms with Gasteiger partial charge >= 0.3 is 231 Å². The van der Waals surface area contributed by atoms with Crippen LogP contribution in [-0.2, 0) is 37.8 Å². The van der Waals surface area contributed by atoms with Crippen molar-refractivity contribution in [2.24, 2.45) is 0 Å². The predicted molar refractivity (Wildman–Crippen MR) is 146 cm³/mol. The maximum atomic E-state index is 13.4. The molecule has 0 saturated heterocycles. The molecule has 0 radical (unpaired) electrons. The molecule has 8 nitrogen and oxygen atoms in total. The zero-order valence-electron chi connectivity index (χ0n) is 21.9. The van der Waals surface area contributed by atoms with Gasteiger partial charge in [-0.15, -0.1) is 0 Å². The predicted octanol–water partition coefficient (Wildman–Crippen LogP) is 2.93. The first-order valence-corrected chi connectivity index (χ1v) is 18.9. The van der Waals surface area contributed by atoms with Crippen molar-refractivity contribution in [1.82, 2.24) is 9.80 Å². The van der Waals surface area contributed by atoms with Crippen LogP contribution >= 0.6 is 0 Å². The van der Waals surface area contributed by atoms with Gasteiger partial charge in [0.25, 0.3) is 0 Å². The van der Waals surface area contributed by atoms with E-state index in [1.807, 2.05) is 70.0 Å². The summed E-state index contributed by atoms with van der Waals surface area (Å²) in [4.78, 5) is 3.77. The monoisotopic (exact) mass is 742 g/mol. The van der Waals surface area contributed by atoms with Gasteiger partial charge in [-0.05, 0) is 0 Å². The third kappa shape index (κ3) is 8.13. The molecule has 0 aliphatic rings. The van der Waals surface area contributed by atoms with E-state index < -0.39 is 42.9 Å². The molecule has 0 heterocycles. The molecule has 0 saturated carbocycles. The first-order chi connectivity index (χ1) is 17.3. The summed E-state index contributed by atoms with van der Waals surface area (Å²) in [6, 6.07) is 18.1. The zero-order valence-corrected chi connectivity index (χ0v) is 27.0. The topological polar surface area (TPSA) is 93.2 Å². The molecule has 37 heavy (non-hydrogen) atoms. The molecule has 3 aromatic rings. The summed E-state index contributed by atoms with van der Waals surface area (Å²) < 4.78 is 65.8. The summed E-state index contributed by atoms with van der Waals surface area (Å²) in [6.07, 6.45) is 0. The Morgan fingerprint density at radius 2 is 0.973 bits per heavy atom. The molecule has 0 atom stereocenters. The van der Waals surface area contributed by atoms with E-state index in [2.05, 4.69) is 0 Å². The molecule has 0 fully saturated rings. The van der Waals surface area contributed by atoms with Gasteiger partial charge in [-0.1, -0.05) is 0 Å². The second-order valence-electron chi connectivity index (χ2n) is 9.34. The Morgan fingerprint density at radius 1 is 0.622 bits per heavy atom. The van der Waals surface area contributed by atoms with Gasteiger partial charge in [0, 0.05) is 0 Å². The van der Waals surface area contributed by atoms with Crippen molar-refractivity contribution in [3.05, 3.63) is 89.0 Å². The molecule has 0 bridgehead atoms. The first kappa shape index (κ1) is 29.8. The molecule has 0 amide bonds. The van der Waals surface area contributed by atoms with Gasteiger partial charge in [0.1, 0.15) is 0 Å². The Bertz CT molecular complexity index is 1320. The fourth-order valence-electron chi connectivity index (χ4n) is 3.58. The van der Waals surface area contributed by atoms with Gasteiger partial charge in [0.2, 0.25) is 0 Å². The summed E-state index contributed by atoms with van der Waals surface area (Å²) in [6.45, 7) is 4.62. The van der Waals surface area contributed by atoms with Crippen LogP contribution in [0.2, 0.25) is 0 Å². The van der Waals surface area contributed by atoms with E-state index >= 15 is 0 Å². The van der Waals surface area contributed by atoms with Crippen LogP contribution in [0.3, 0.4) is 0 Å². The van der Waals surface area contributed by atoms with Crippen molar-refractivity contribution in [3.8, 4) is 0 Å². The van der Waals surface area contributed by atoms with Gasteiger partial charge in [-0.2, -0.15) is 0 Å². The van der Waals surface area contributed by atoms with Gasteiger partial charge in [-0.3, -0.25) is 0 Å². The second-order valence-corrected chi connectivity index (χ2v) is 19.6. The van der Waals surface area contributed by atoms with Crippen LogP contribution in [0, 0.1) is 13.8 Å². The molecule has 0 aliphatic heterocycles. The van der Waals surface area contributed by atoms with Crippen molar-refractivity contribution >= 4 is 46.1 Å². The quantitative estimate of drug-likeness (QED) is 0.277. The molecule has 200 valence electrons. The van der Waals surface area contributed by atoms with Crippen LogP contribution in [-0.4, -0.2) is 77.5 Å². The molecule has 3 aromatic carbocycles. The van der Waals surface area contributed by atoms with E-state index in [4.69, 9.17) is 4.52 Å². The van der Waals surface area contributed by atoms with Crippen LogP contribution in [0.25, 0.3) is 0 Å². The third-order valence-corrected chi connectivity index (χ3v) is 19.1. The van der Waals surface area contributed by atoms with Crippen molar-refractivity contribution in [2.75, 3.05) is 28.2 Å². The molecule has 0 unspecified atom stereocenters. The fraction of sp³-hybridized carbons (Fsp3) is 0.308. The van der Waals surface area contributed by atoms with E-state index in [9.17, 15) is 16.8 Å². The number of hydrogen-bond donors (Lipinski definition) is 0. The Balaban J connectivity index is 2.18. The zero-order chi connectivity index (χ0) is 27.4. The van der Waals surface area contributed by atoms with Crippen molar-refractivity contribution in [1.29, 1.82) is 0 Å². The normalized spacial score (nSPS) is 12.6.